The smallest absolute Gasteiger partial charge is 0.307 e. The molecule has 1 aliphatic rings. The standard InChI is InChI=1S/C11H19NO5/c13-6-4-12(5-7-14)10(15)8-2-1-3-9(8)11(16)17/h8-9,13-14H,1-7H2,(H,16,17)/t8-,9+/m1/s1. The maximum absolute atomic E-state index is 12.1. The fourth-order valence-electron chi connectivity index (χ4n) is 2.36. The van der Waals surface area contributed by atoms with Crippen molar-refractivity contribution in [3.63, 3.8) is 0 Å². The molecular weight excluding hydrogens is 226 g/mol. The first kappa shape index (κ1) is 13.9. The van der Waals surface area contributed by atoms with Gasteiger partial charge in [0.1, 0.15) is 0 Å². The molecule has 6 heteroatoms. The van der Waals surface area contributed by atoms with Gasteiger partial charge in [0.25, 0.3) is 0 Å². The Morgan fingerprint density at radius 3 is 2.06 bits per heavy atom. The molecule has 1 fully saturated rings. The molecule has 0 radical (unpaired) electrons. The van der Waals surface area contributed by atoms with E-state index in [1.165, 1.54) is 4.90 Å². The van der Waals surface area contributed by atoms with E-state index in [-0.39, 0.29) is 32.2 Å². The first-order valence-corrected chi connectivity index (χ1v) is 5.85. The van der Waals surface area contributed by atoms with Crippen molar-refractivity contribution in [3.05, 3.63) is 0 Å². The summed E-state index contributed by atoms with van der Waals surface area (Å²) in [5.74, 6) is -2.33. The van der Waals surface area contributed by atoms with Crippen LogP contribution in [0.2, 0.25) is 0 Å². The molecule has 0 aromatic carbocycles. The zero-order chi connectivity index (χ0) is 12.8. The van der Waals surface area contributed by atoms with E-state index in [0.717, 1.165) is 6.42 Å². The van der Waals surface area contributed by atoms with Crippen molar-refractivity contribution < 1.29 is 24.9 Å². The van der Waals surface area contributed by atoms with Crippen LogP contribution in [0.1, 0.15) is 19.3 Å². The van der Waals surface area contributed by atoms with Gasteiger partial charge in [-0.15, -0.1) is 0 Å². The summed E-state index contributed by atoms with van der Waals surface area (Å²) in [6, 6.07) is 0. The van der Waals surface area contributed by atoms with Crippen molar-refractivity contribution in [2.45, 2.75) is 19.3 Å². The van der Waals surface area contributed by atoms with Gasteiger partial charge in [0.2, 0.25) is 5.91 Å². The molecule has 0 heterocycles. The van der Waals surface area contributed by atoms with Crippen LogP contribution < -0.4 is 0 Å². The van der Waals surface area contributed by atoms with Gasteiger partial charge in [-0.25, -0.2) is 0 Å². The molecule has 0 aromatic rings. The van der Waals surface area contributed by atoms with Gasteiger partial charge in [0, 0.05) is 13.1 Å². The Morgan fingerprint density at radius 1 is 1.06 bits per heavy atom. The number of carboxylic acids is 1. The first-order valence-electron chi connectivity index (χ1n) is 5.85. The predicted molar refractivity (Wildman–Crippen MR) is 59.2 cm³/mol. The molecule has 1 amide bonds. The number of rotatable bonds is 6. The van der Waals surface area contributed by atoms with Crippen LogP contribution in [0.4, 0.5) is 0 Å². The lowest BCUT2D eigenvalue weighted by molar-refractivity contribution is -0.149. The molecule has 1 rings (SSSR count). The Labute approximate surface area is 99.8 Å². The number of aliphatic hydroxyl groups is 2. The number of aliphatic carboxylic acids is 1. The van der Waals surface area contributed by atoms with Gasteiger partial charge in [0.15, 0.2) is 0 Å². The Kier molecular flexibility index (Phi) is 5.37. The molecule has 1 aliphatic carbocycles. The lowest BCUT2D eigenvalue weighted by atomic mass is 9.94. The molecule has 0 bridgehead atoms. The molecule has 3 N–H and O–H groups in total. The van der Waals surface area contributed by atoms with Crippen LogP contribution >= 0.6 is 0 Å². The molecule has 0 saturated heterocycles. The molecule has 17 heavy (non-hydrogen) atoms. The summed E-state index contributed by atoms with van der Waals surface area (Å²) >= 11 is 0. The van der Waals surface area contributed by atoms with Crippen molar-refractivity contribution in [2.24, 2.45) is 11.8 Å². The van der Waals surface area contributed by atoms with E-state index in [2.05, 4.69) is 0 Å². The van der Waals surface area contributed by atoms with Gasteiger partial charge >= 0.3 is 5.97 Å². The van der Waals surface area contributed by atoms with E-state index in [1.54, 1.807) is 0 Å². The van der Waals surface area contributed by atoms with Crippen LogP contribution in [0.15, 0.2) is 0 Å². The minimum atomic E-state index is -0.936. The van der Waals surface area contributed by atoms with Crippen LogP contribution in [0.3, 0.4) is 0 Å². The highest BCUT2D eigenvalue weighted by Gasteiger charge is 2.39. The van der Waals surface area contributed by atoms with Crippen LogP contribution in [-0.4, -0.2) is 58.4 Å². The lowest BCUT2D eigenvalue weighted by Gasteiger charge is -2.25. The Hall–Kier alpha value is -1.14. The zero-order valence-electron chi connectivity index (χ0n) is 9.71. The summed E-state index contributed by atoms with van der Waals surface area (Å²) < 4.78 is 0. The molecule has 6 nitrogen and oxygen atoms in total. The van der Waals surface area contributed by atoms with Crippen molar-refractivity contribution in [1.29, 1.82) is 0 Å². The molecule has 2 atom stereocenters. The predicted octanol–water partition coefficient (Wildman–Crippen LogP) is -0.700. The average molecular weight is 245 g/mol. The molecule has 0 aromatic heterocycles. The molecule has 1 saturated carbocycles. The highest BCUT2D eigenvalue weighted by molar-refractivity contribution is 5.85. The van der Waals surface area contributed by atoms with E-state index in [4.69, 9.17) is 15.3 Å². The molecule has 0 spiro atoms. The van der Waals surface area contributed by atoms with E-state index >= 15 is 0 Å². The highest BCUT2D eigenvalue weighted by atomic mass is 16.4. The van der Waals surface area contributed by atoms with Crippen molar-refractivity contribution in [3.8, 4) is 0 Å². The molecule has 98 valence electrons. The SMILES string of the molecule is O=C(O)[C@H]1CCC[C@H]1C(=O)N(CCO)CCO. The number of carbonyl (C=O) groups excluding carboxylic acids is 1. The quantitative estimate of drug-likeness (QED) is 0.575. The number of amides is 1. The van der Waals surface area contributed by atoms with Gasteiger partial charge in [-0.1, -0.05) is 6.42 Å². The Morgan fingerprint density at radius 2 is 1.59 bits per heavy atom. The third-order valence-electron chi connectivity index (χ3n) is 3.20. The Balaban J connectivity index is 2.68. The van der Waals surface area contributed by atoms with Crippen LogP contribution in [-0.2, 0) is 9.59 Å². The zero-order valence-corrected chi connectivity index (χ0v) is 9.71. The third-order valence-corrected chi connectivity index (χ3v) is 3.20. The summed E-state index contributed by atoms with van der Waals surface area (Å²) in [5.41, 5.74) is 0. The maximum Gasteiger partial charge on any atom is 0.307 e. The minimum absolute atomic E-state index is 0.141. The van der Waals surface area contributed by atoms with E-state index in [1.807, 2.05) is 0 Å². The summed E-state index contributed by atoms with van der Waals surface area (Å²) in [5, 5.41) is 26.7. The summed E-state index contributed by atoms with van der Waals surface area (Å²) in [6.45, 7) is -0.0864. The van der Waals surface area contributed by atoms with Crippen molar-refractivity contribution >= 4 is 11.9 Å². The van der Waals surface area contributed by atoms with Gasteiger partial charge in [-0.2, -0.15) is 0 Å². The maximum atomic E-state index is 12.1. The topological polar surface area (TPSA) is 98.1 Å². The number of hydrogen-bond donors (Lipinski definition) is 3. The van der Waals surface area contributed by atoms with Gasteiger partial charge in [-0.05, 0) is 12.8 Å². The summed E-state index contributed by atoms with van der Waals surface area (Å²) in [4.78, 5) is 24.4. The van der Waals surface area contributed by atoms with Crippen LogP contribution in [0.25, 0.3) is 0 Å². The second kappa shape index (κ2) is 6.56. The number of hydrogen-bond acceptors (Lipinski definition) is 4. The second-order valence-electron chi connectivity index (χ2n) is 4.25. The van der Waals surface area contributed by atoms with E-state index in [9.17, 15) is 9.59 Å². The molecule has 0 unspecified atom stereocenters. The monoisotopic (exact) mass is 245 g/mol. The van der Waals surface area contributed by atoms with Crippen molar-refractivity contribution in [1.82, 2.24) is 4.90 Å². The number of nitrogens with zero attached hydrogens (tertiary/aromatic N) is 1. The van der Waals surface area contributed by atoms with Crippen LogP contribution in [0, 0.1) is 11.8 Å². The normalized spacial score (nSPS) is 23.6. The van der Waals surface area contributed by atoms with E-state index in [0.29, 0.717) is 12.8 Å². The number of aliphatic hydroxyl groups excluding tert-OH is 2. The largest absolute Gasteiger partial charge is 0.481 e. The third kappa shape index (κ3) is 3.41. The average Bonchev–Trinajstić information content (AvgIpc) is 2.76. The first-order chi connectivity index (χ1) is 8.11. The number of carboxylic acid groups (broad SMARTS) is 1. The minimum Gasteiger partial charge on any atom is -0.481 e. The second-order valence-corrected chi connectivity index (χ2v) is 4.25. The van der Waals surface area contributed by atoms with Gasteiger partial charge in [0.05, 0.1) is 25.0 Å². The van der Waals surface area contributed by atoms with Crippen LogP contribution in [0.5, 0.6) is 0 Å². The van der Waals surface area contributed by atoms with Gasteiger partial charge < -0.3 is 20.2 Å². The summed E-state index contributed by atoms with van der Waals surface area (Å²) in [7, 11) is 0. The summed E-state index contributed by atoms with van der Waals surface area (Å²) in [6.07, 6.45) is 1.83. The lowest BCUT2D eigenvalue weighted by Crippen LogP contribution is -2.42. The van der Waals surface area contributed by atoms with Crippen molar-refractivity contribution in [2.75, 3.05) is 26.3 Å². The highest BCUT2D eigenvalue weighted by Crippen LogP contribution is 2.33. The molecule has 0 aliphatic heterocycles. The fourth-order valence-corrected chi connectivity index (χ4v) is 2.36. The number of carbonyl (C=O) groups is 2. The van der Waals surface area contributed by atoms with Gasteiger partial charge in [-0.3, -0.25) is 9.59 Å². The molecular formula is C11H19NO5. The van der Waals surface area contributed by atoms with E-state index < -0.39 is 17.8 Å². The fraction of sp³-hybridized carbons (Fsp3) is 0.818. The Bertz CT molecular complexity index is 275.